The molecule has 1 aromatic heterocycles. The van der Waals surface area contributed by atoms with E-state index < -0.39 is 5.97 Å². The molecule has 1 unspecified atom stereocenters. The number of aromatic nitrogens is 2. The van der Waals surface area contributed by atoms with Gasteiger partial charge in [-0.1, -0.05) is 13.8 Å². The van der Waals surface area contributed by atoms with Gasteiger partial charge in [0.05, 0.1) is 5.75 Å². The lowest BCUT2D eigenvalue weighted by Crippen LogP contribution is -2.08. The molecule has 0 radical (unpaired) electrons. The zero-order valence-corrected chi connectivity index (χ0v) is 10.5. The van der Waals surface area contributed by atoms with Crippen LogP contribution in [-0.4, -0.2) is 26.3 Å². The van der Waals surface area contributed by atoms with Gasteiger partial charge in [-0.05, 0) is 13.3 Å². The molecule has 0 amide bonds. The summed E-state index contributed by atoms with van der Waals surface area (Å²) in [5.41, 5.74) is 0.708. The number of hydrogen-bond acceptors (Lipinski definition) is 4. The van der Waals surface area contributed by atoms with Crippen molar-refractivity contribution < 1.29 is 9.90 Å². The molecule has 0 bridgehead atoms. The number of rotatable bonds is 5. The van der Waals surface area contributed by atoms with E-state index in [0.717, 1.165) is 6.42 Å². The van der Waals surface area contributed by atoms with Crippen molar-refractivity contribution in [3.8, 4) is 0 Å². The normalized spacial score (nSPS) is 12.4. The number of nitrogens with zero attached hydrogens (tertiary/aromatic N) is 2. The average molecular weight is 240 g/mol. The molecule has 1 N–H and O–H groups in total. The third kappa shape index (κ3) is 3.48. The van der Waals surface area contributed by atoms with E-state index in [2.05, 4.69) is 23.8 Å². The third-order valence-corrected chi connectivity index (χ3v) is 3.62. The number of hydrogen-bond donors (Lipinski definition) is 1. The Kier molecular flexibility index (Phi) is 4.73. The van der Waals surface area contributed by atoms with E-state index in [-0.39, 0.29) is 5.69 Å². The molecule has 0 spiro atoms. The largest absolute Gasteiger partial charge is 0.477 e. The Hall–Kier alpha value is -1.10. The molecule has 0 fully saturated rings. The quantitative estimate of drug-likeness (QED) is 0.856. The average Bonchev–Trinajstić information content (AvgIpc) is 2.27. The Morgan fingerprint density at radius 1 is 1.62 bits per heavy atom. The highest BCUT2D eigenvalue weighted by Gasteiger charge is 2.11. The summed E-state index contributed by atoms with van der Waals surface area (Å²) in [6.45, 7) is 5.96. The topological polar surface area (TPSA) is 63.1 Å². The number of aryl methyl sites for hydroxylation is 1. The van der Waals surface area contributed by atoms with Crippen molar-refractivity contribution in [2.45, 2.75) is 38.2 Å². The van der Waals surface area contributed by atoms with Crippen LogP contribution < -0.4 is 0 Å². The van der Waals surface area contributed by atoms with Crippen LogP contribution in [0.5, 0.6) is 0 Å². The predicted octanol–water partition coefficient (Wildman–Crippen LogP) is 2.51. The van der Waals surface area contributed by atoms with Crippen molar-refractivity contribution in [2.75, 3.05) is 0 Å². The van der Waals surface area contributed by atoms with Crippen LogP contribution in [0, 0.1) is 6.92 Å². The van der Waals surface area contributed by atoms with E-state index in [1.165, 1.54) is 0 Å². The van der Waals surface area contributed by atoms with Crippen molar-refractivity contribution in [1.29, 1.82) is 0 Å². The summed E-state index contributed by atoms with van der Waals surface area (Å²) >= 11 is 1.74. The van der Waals surface area contributed by atoms with E-state index in [9.17, 15) is 4.79 Å². The van der Waals surface area contributed by atoms with E-state index >= 15 is 0 Å². The van der Waals surface area contributed by atoms with Crippen molar-refractivity contribution in [1.82, 2.24) is 9.97 Å². The summed E-state index contributed by atoms with van der Waals surface area (Å²) in [4.78, 5) is 19.1. The fraction of sp³-hybridized carbons (Fsp3) is 0.545. The molecule has 1 rings (SSSR count). The first-order valence-electron chi connectivity index (χ1n) is 5.22. The summed E-state index contributed by atoms with van der Waals surface area (Å²) in [7, 11) is 0. The van der Waals surface area contributed by atoms with Crippen LogP contribution in [0.1, 0.15) is 42.1 Å². The van der Waals surface area contributed by atoms with Gasteiger partial charge in [-0.2, -0.15) is 11.8 Å². The summed E-state index contributed by atoms with van der Waals surface area (Å²) < 4.78 is 0. The maximum atomic E-state index is 10.9. The van der Waals surface area contributed by atoms with Crippen molar-refractivity contribution in [2.24, 2.45) is 0 Å². The number of aromatic carboxylic acids is 1. The summed E-state index contributed by atoms with van der Waals surface area (Å²) in [5.74, 6) is 0.262. The second-order valence-electron chi connectivity index (χ2n) is 3.65. The van der Waals surface area contributed by atoms with Gasteiger partial charge in [0.2, 0.25) is 0 Å². The van der Waals surface area contributed by atoms with Gasteiger partial charge in [0.15, 0.2) is 5.69 Å². The molecule has 1 heterocycles. The first-order chi connectivity index (χ1) is 7.54. The molecule has 0 aliphatic rings. The van der Waals surface area contributed by atoms with Gasteiger partial charge in [0.25, 0.3) is 0 Å². The Morgan fingerprint density at radius 3 is 2.88 bits per heavy atom. The molecule has 0 saturated carbocycles. The zero-order valence-electron chi connectivity index (χ0n) is 9.73. The van der Waals surface area contributed by atoms with Crippen molar-refractivity contribution in [3.63, 3.8) is 0 Å². The summed E-state index contributed by atoms with van der Waals surface area (Å²) in [6, 6.07) is 0. The van der Waals surface area contributed by atoms with Gasteiger partial charge >= 0.3 is 5.97 Å². The summed E-state index contributed by atoms with van der Waals surface area (Å²) in [5, 5.41) is 9.46. The van der Waals surface area contributed by atoms with Crippen LogP contribution >= 0.6 is 11.8 Å². The Morgan fingerprint density at radius 2 is 2.31 bits per heavy atom. The fourth-order valence-corrected chi connectivity index (χ4v) is 1.91. The SMILES string of the molecule is CCC(C)SCc1ncc(C)c(C(=O)O)n1. The van der Waals surface area contributed by atoms with Gasteiger partial charge in [-0.25, -0.2) is 14.8 Å². The lowest BCUT2D eigenvalue weighted by Gasteiger charge is -2.07. The van der Waals surface area contributed by atoms with Crippen LogP contribution in [0.15, 0.2) is 6.20 Å². The first-order valence-corrected chi connectivity index (χ1v) is 6.26. The van der Waals surface area contributed by atoms with Crippen LogP contribution in [0.3, 0.4) is 0 Å². The van der Waals surface area contributed by atoms with Gasteiger partial charge < -0.3 is 5.11 Å². The standard InChI is InChI=1S/C11H16N2O2S/c1-4-8(3)16-6-9-12-5-7(2)10(13-9)11(14)15/h5,8H,4,6H2,1-3H3,(H,14,15). The molecular formula is C11H16N2O2S. The number of thioether (sulfide) groups is 1. The van der Waals surface area contributed by atoms with Crippen LogP contribution in [0.4, 0.5) is 0 Å². The zero-order chi connectivity index (χ0) is 12.1. The smallest absolute Gasteiger partial charge is 0.354 e. The molecule has 88 valence electrons. The molecule has 0 aromatic carbocycles. The minimum absolute atomic E-state index is 0.106. The molecule has 5 heteroatoms. The highest BCUT2D eigenvalue weighted by molar-refractivity contribution is 7.99. The second-order valence-corrected chi connectivity index (χ2v) is 5.08. The molecule has 1 aromatic rings. The van der Waals surface area contributed by atoms with Crippen molar-refractivity contribution in [3.05, 3.63) is 23.3 Å². The van der Waals surface area contributed by atoms with Gasteiger partial charge in [0, 0.05) is 17.0 Å². The number of carboxylic acids is 1. The van der Waals surface area contributed by atoms with E-state index in [0.29, 0.717) is 22.4 Å². The van der Waals surface area contributed by atoms with Gasteiger partial charge in [-0.15, -0.1) is 0 Å². The molecule has 0 aliphatic heterocycles. The van der Waals surface area contributed by atoms with Gasteiger partial charge in [-0.3, -0.25) is 0 Å². The van der Waals surface area contributed by atoms with E-state index in [4.69, 9.17) is 5.11 Å². The maximum Gasteiger partial charge on any atom is 0.354 e. The lowest BCUT2D eigenvalue weighted by molar-refractivity contribution is 0.0689. The third-order valence-electron chi connectivity index (χ3n) is 2.30. The van der Waals surface area contributed by atoms with Crippen LogP contribution in [0.2, 0.25) is 0 Å². The minimum Gasteiger partial charge on any atom is -0.477 e. The van der Waals surface area contributed by atoms with Crippen molar-refractivity contribution >= 4 is 17.7 Å². The number of carboxylic acid groups (broad SMARTS) is 1. The number of carbonyl (C=O) groups is 1. The Bertz CT molecular complexity index is 382. The molecule has 16 heavy (non-hydrogen) atoms. The molecule has 4 nitrogen and oxygen atoms in total. The maximum absolute atomic E-state index is 10.9. The van der Waals surface area contributed by atoms with Crippen LogP contribution in [-0.2, 0) is 5.75 Å². The lowest BCUT2D eigenvalue weighted by atomic mass is 10.2. The van der Waals surface area contributed by atoms with Gasteiger partial charge in [0.1, 0.15) is 5.82 Å². The first kappa shape index (κ1) is 13.0. The Balaban J connectivity index is 2.75. The predicted molar refractivity (Wildman–Crippen MR) is 64.8 cm³/mol. The molecule has 1 atom stereocenters. The fourth-order valence-electron chi connectivity index (χ4n) is 1.10. The molecular weight excluding hydrogens is 224 g/mol. The van der Waals surface area contributed by atoms with Crippen LogP contribution in [0.25, 0.3) is 0 Å². The monoisotopic (exact) mass is 240 g/mol. The minimum atomic E-state index is -0.991. The highest BCUT2D eigenvalue weighted by atomic mass is 32.2. The molecule has 0 saturated heterocycles. The highest BCUT2D eigenvalue weighted by Crippen LogP contribution is 2.18. The second kappa shape index (κ2) is 5.84. The summed E-state index contributed by atoms with van der Waals surface area (Å²) in [6.07, 6.45) is 2.66. The van der Waals surface area contributed by atoms with E-state index in [1.54, 1.807) is 24.9 Å². The molecule has 0 aliphatic carbocycles. The Labute approximate surface area is 99.5 Å². The van der Waals surface area contributed by atoms with E-state index in [1.807, 2.05) is 0 Å².